The first-order chi connectivity index (χ1) is 13.7. The smallest absolute Gasteiger partial charge is 0.335 e. The molecular formula is C24H39ClN2O2. The Morgan fingerprint density at radius 1 is 0.862 bits per heavy atom. The molecular weight excluding hydrogens is 384 g/mol. The lowest BCUT2D eigenvalue weighted by molar-refractivity contribution is 0.0697. The van der Waals surface area contributed by atoms with Crippen LogP contribution >= 0.6 is 12.4 Å². The van der Waals surface area contributed by atoms with Crippen LogP contribution in [0.5, 0.6) is 0 Å². The Bertz CT molecular complexity index is 699. The molecule has 2 rings (SSSR count). The summed E-state index contributed by atoms with van der Waals surface area (Å²) >= 11 is 0. The third-order valence-electron chi connectivity index (χ3n) is 5.55. The summed E-state index contributed by atoms with van der Waals surface area (Å²) in [6, 6.07) is 5.06. The van der Waals surface area contributed by atoms with Crippen LogP contribution in [0.2, 0.25) is 0 Å². The van der Waals surface area contributed by atoms with Crippen molar-refractivity contribution in [3.63, 3.8) is 0 Å². The summed E-state index contributed by atoms with van der Waals surface area (Å²) in [5.41, 5.74) is 1.98. The fourth-order valence-electron chi connectivity index (χ4n) is 3.80. The first-order valence-electron chi connectivity index (χ1n) is 11.4. The number of carbonyl (C=O) groups is 1. The first kappa shape index (κ1) is 25.5. The number of aromatic nitrogens is 2. The van der Waals surface area contributed by atoms with Gasteiger partial charge in [-0.05, 0) is 24.6 Å². The SMILES string of the molecule is CCCCCCCCCCCCCCCCc1nc2ccc(C(=O)O)cc2[nH]1.Cl. The van der Waals surface area contributed by atoms with Gasteiger partial charge in [-0.2, -0.15) is 0 Å². The van der Waals surface area contributed by atoms with Gasteiger partial charge in [-0.3, -0.25) is 0 Å². The van der Waals surface area contributed by atoms with Crippen LogP contribution in [0.4, 0.5) is 0 Å². The van der Waals surface area contributed by atoms with Crippen molar-refractivity contribution in [1.29, 1.82) is 0 Å². The number of H-pyrrole nitrogens is 1. The number of nitrogens with zero attached hydrogens (tertiary/aromatic N) is 1. The molecule has 0 aliphatic rings. The fraction of sp³-hybridized carbons (Fsp3) is 0.667. The molecule has 0 bridgehead atoms. The van der Waals surface area contributed by atoms with Crippen molar-refractivity contribution in [3.8, 4) is 0 Å². The third kappa shape index (κ3) is 10.2. The number of carboxylic acids is 1. The number of rotatable bonds is 16. The lowest BCUT2D eigenvalue weighted by Gasteiger charge is -2.03. The molecule has 1 aromatic carbocycles. The number of nitrogens with one attached hydrogen (secondary N) is 1. The van der Waals surface area contributed by atoms with Crippen molar-refractivity contribution >= 4 is 29.4 Å². The quantitative estimate of drug-likeness (QED) is 0.272. The zero-order valence-corrected chi connectivity index (χ0v) is 18.9. The van der Waals surface area contributed by atoms with E-state index in [9.17, 15) is 4.79 Å². The molecule has 0 aliphatic heterocycles. The molecule has 1 heterocycles. The maximum atomic E-state index is 11.0. The van der Waals surface area contributed by atoms with Crippen LogP contribution in [-0.2, 0) is 6.42 Å². The number of aromatic carboxylic acids is 1. The normalized spacial score (nSPS) is 10.9. The van der Waals surface area contributed by atoms with Gasteiger partial charge < -0.3 is 10.1 Å². The minimum atomic E-state index is -0.898. The second-order valence-electron chi connectivity index (χ2n) is 8.07. The highest BCUT2D eigenvalue weighted by atomic mass is 35.5. The van der Waals surface area contributed by atoms with Crippen LogP contribution in [0.15, 0.2) is 18.2 Å². The van der Waals surface area contributed by atoms with Crippen LogP contribution in [0.3, 0.4) is 0 Å². The number of hydrogen-bond donors (Lipinski definition) is 2. The Morgan fingerprint density at radius 3 is 1.90 bits per heavy atom. The summed E-state index contributed by atoms with van der Waals surface area (Å²) in [6.07, 6.45) is 20.0. The van der Waals surface area contributed by atoms with E-state index >= 15 is 0 Å². The van der Waals surface area contributed by atoms with Crippen molar-refractivity contribution < 1.29 is 9.90 Å². The molecule has 0 unspecified atom stereocenters. The van der Waals surface area contributed by atoms with Gasteiger partial charge in [0.2, 0.25) is 0 Å². The predicted molar refractivity (Wildman–Crippen MR) is 124 cm³/mol. The summed E-state index contributed by atoms with van der Waals surface area (Å²) in [5.74, 6) is 0.0708. The zero-order chi connectivity index (χ0) is 20.0. The summed E-state index contributed by atoms with van der Waals surface area (Å²) < 4.78 is 0. The highest BCUT2D eigenvalue weighted by Crippen LogP contribution is 2.16. The van der Waals surface area contributed by atoms with Gasteiger partial charge in [0.05, 0.1) is 16.6 Å². The molecule has 2 N–H and O–H groups in total. The Hall–Kier alpha value is -1.55. The van der Waals surface area contributed by atoms with E-state index in [1.165, 1.54) is 83.5 Å². The second kappa shape index (κ2) is 15.3. The average Bonchev–Trinajstić information content (AvgIpc) is 3.10. The van der Waals surface area contributed by atoms with Crippen LogP contribution in [-0.4, -0.2) is 21.0 Å². The highest BCUT2D eigenvalue weighted by Gasteiger charge is 2.07. The Labute approximate surface area is 182 Å². The lowest BCUT2D eigenvalue weighted by Crippen LogP contribution is -1.94. The average molecular weight is 423 g/mol. The van der Waals surface area contributed by atoms with Crippen LogP contribution in [0.25, 0.3) is 11.0 Å². The van der Waals surface area contributed by atoms with E-state index in [2.05, 4.69) is 16.9 Å². The monoisotopic (exact) mass is 422 g/mol. The molecule has 0 saturated carbocycles. The first-order valence-corrected chi connectivity index (χ1v) is 11.4. The van der Waals surface area contributed by atoms with Gasteiger partial charge >= 0.3 is 5.97 Å². The van der Waals surface area contributed by atoms with E-state index in [0.29, 0.717) is 5.56 Å². The predicted octanol–water partition coefficient (Wildman–Crippen LogP) is 7.71. The molecule has 5 heteroatoms. The minimum absolute atomic E-state index is 0. The molecule has 0 spiro atoms. The molecule has 1 aromatic heterocycles. The third-order valence-corrected chi connectivity index (χ3v) is 5.55. The second-order valence-corrected chi connectivity index (χ2v) is 8.07. The zero-order valence-electron chi connectivity index (χ0n) is 18.0. The maximum Gasteiger partial charge on any atom is 0.335 e. The minimum Gasteiger partial charge on any atom is -0.478 e. The number of benzene rings is 1. The number of halogens is 1. The Balaban J connectivity index is 0.00000420. The van der Waals surface area contributed by atoms with Crippen LogP contribution in [0.1, 0.15) is 113 Å². The molecule has 0 radical (unpaired) electrons. The van der Waals surface area contributed by atoms with Gasteiger partial charge in [0.15, 0.2) is 0 Å². The number of hydrogen-bond acceptors (Lipinski definition) is 2. The van der Waals surface area contributed by atoms with Gasteiger partial charge in [-0.15, -0.1) is 12.4 Å². The van der Waals surface area contributed by atoms with Crippen LogP contribution in [0, 0.1) is 0 Å². The van der Waals surface area contributed by atoms with E-state index < -0.39 is 5.97 Å². The molecule has 0 saturated heterocycles. The standard InChI is InChI=1S/C24H38N2O2.ClH/c1-2-3-4-5-6-7-8-9-10-11-12-13-14-15-16-23-25-21-18-17-20(24(27)28)19-22(21)26-23;/h17-19H,2-16H2,1H3,(H,25,26)(H,27,28);1H. The Kier molecular flexibility index (Phi) is 13.5. The number of aromatic amines is 1. The van der Waals surface area contributed by atoms with Gasteiger partial charge in [0.25, 0.3) is 0 Å². The fourth-order valence-corrected chi connectivity index (χ4v) is 3.80. The van der Waals surface area contributed by atoms with Gasteiger partial charge in [-0.25, -0.2) is 9.78 Å². The topological polar surface area (TPSA) is 66.0 Å². The molecule has 2 aromatic rings. The van der Waals surface area contributed by atoms with E-state index in [-0.39, 0.29) is 12.4 Å². The number of carboxylic acid groups (broad SMARTS) is 1. The number of fused-ring (bicyclic) bond motifs is 1. The van der Waals surface area contributed by atoms with Crippen molar-refractivity contribution in [1.82, 2.24) is 9.97 Å². The van der Waals surface area contributed by atoms with Gasteiger partial charge in [-0.1, -0.05) is 90.4 Å². The van der Waals surface area contributed by atoms with E-state index in [0.717, 1.165) is 29.7 Å². The molecule has 29 heavy (non-hydrogen) atoms. The number of unbranched alkanes of at least 4 members (excludes halogenated alkanes) is 13. The number of imidazole rings is 1. The molecule has 0 amide bonds. The summed E-state index contributed by atoms with van der Waals surface area (Å²) in [4.78, 5) is 18.9. The van der Waals surface area contributed by atoms with E-state index in [4.69, 9.17) is 5.11 Å². The summed E-state index contributed by atoms with van der Waals surface area (Å²) in [5, 5.41) is 9.06. The maximum absolute atomic E-state index is 11.0. The largest absolute Gasteiger partial charge is 0.478 e. The van der Waals surface area contributed by atoms with Gasteiger partial charge in [0.1, 0.15) is 5.82 Å². The van der Waals surface area contributed by atoms with Crippen molar-refractivity contribution in [2.24, 2.45) is 0 Å². The molecule has 0 aliphatic carbocycles. The molecule has 4 nitrogen and oxygen atoms in total. The highest BCUT2D eigenvalue weighted by molar-refractivity contribution is 5.92. The summed E-state index contributed by atoms with van der Waals surface area (Å²) in [6.45, 7) is 2.27. The van der Waals surface area contributed by atoms with E-state index in [1.807, 2.05) is 0 Å². The Morgan fingerprint density at radius 2 is 1.38 bits per heavy atom. The number of aryl methyl sites for hydroxylation is 1. The van der Waals surface area contributed by atoms with Crippen molar-refractivity contribution in [2.75, 3.05) is 0 Å². The summed E-state index contributed by atoms with van der Waals surface area (Å²) in [7, 11) is 0. The lowest BCUT2D eigenvalue weighted by atomic mass is 10.0. The van der Waals surface area contributed by atoms with Crippen LogP contribution < -0.4 is 0 Å². The molecule has 164 valence electrons. The van der Waals surface area contributed by atoms with Gasteiger partial charge in [0, 0.05) is 6.42 Å². The molecule has 0 fully saturated rings. The molecule has 0 atom stereocenters. The van der Waals surface area contributed by atoms with Crippen molar-refractivity contribution in [3.05, 3.63) is 29.6 Å². The van der Waals surface area contributed by atoms with E-state index in [1.54, 1.807) is 18.2 Å². The van der Waals surface area contributed by atoms with Crippen molar-refractivity contribution in [2.45, 2.75) is 103 Å².